The first-order valence-electron chi connectivity index (χ1n) is 6.71. The number of ether oxygens (including phenoxy) is 1. The van der Waals surface area contributed by atoms with E-state index in [-0.39, 0.29) is 0 Å². The number of hydrogen-bond donors (Lipinski definition) is 1. The SMILES string of the molecule is C[C@H]1O[C@@H](n2cc(F)c(=O)[nH]c2=O)[C@H](OS(C)(=O)=O)[C@@H]1OS(C)(=O)=O. The lowest BCUT2D eigenvalue weighted by Crippen LogP contribution is -2.42. The van der Waals surface area contributed by atoms with Gasteiger partial charge in [-0.05, 0) is 6.92 Å². The summed E-state index contributed by atoms with van der Waals surface area (Å²) in [6.45, 7) is 1.35. The molecule has 142 valence electrons. The summed E-state index contributed by atoms with van der Waals surface area (Å²) in [7, 11) is -8.16. The molecular formula is C11H15FN2O9S2. The van der Waals surface area contributed by atoms with Gasteiger partial charge in [0.1, 0.15) is 6.10 Å². The molecule has 1 aliphatic rings. The maximum Gasteiger partial charge on any atom is 0.330 e. The largest absolute Gasteiger partial charge is 0.349 e. The molecule has 1 fully saturated rings. The van der Waals surface area contributed by atoms with Crippen LogP contribution in [0.1, 0.15) is 13.2 Å². The van der Waals surface area contributed by atoms with Crippen LogP contribution in [-0.2, 0) is 33.3 Å². The van der Waals surface area contributed by atoms with E-state index in [0.717, 1.165) is 6.26 Å². The van der Waals surface area contributed by atoms with Gasteiger partial charge in [0.05, 0.1) is 24.8 Å². The monoisotopic (exact) mass is 402 g/mol. The van der Waals surface area contributed by atoms with Crippen molar-refractivity contribution in [1.29, 1.82) is 0 Å². The fraction of sp³-hybridized carbons (Fsp3) is 0.636. The highest BCUT2D eigenvalue weighted by molar-refractivity contribution is 7.86. The minimum absolute atomic E-state index is 0.500. The van der Waals surface area contributed by atoms with Crippen molar-refractivity contribution >= 4 is 20.2 Å². The Kier molecular flexibility index (Phi) is 5.21. The highest BCUT2D eigenvalue weighted by Crippen LogP contribution is 2.34. The van der Waals surface area contributed by atoms with Gasteiger partial charge in [0, 0.05) is 0 Å². The molecule has 1 saturated heterocycles. The average molecular weight is 402 g/mol. The van der Waals surface area contributed by atoms with Crippen molar-refractivity contribution in [2.24, 2.45) is 0 Å². The van der Waals surface area contributed by atoms with Crippen LogP contribution < -0.4 is 11.2 Å². The molecule has 1 aliphatic heterocycles. The molecule has 0 amide bonds. The smallest absolute Gasteiger partial charge is 0.330 e. The molecule has 0 bridgehead atoms. The second-order valence-corrected chi connectivity index (χ2v) is 8.61. The molecule has 2 heterocycles. The second-order valence-electron chi connectivity index (χ2n) is 5.41. The van der Waals surface area contributed by atoms with Gasteiger partial charge in [0.25, 0.3) is 25.8 Å². The Balaban J connectivity index is 2.54. The summed E-state index contributed by atoms with van der Waals surface area (Å²) in [5.41, 5.74) is -2.39. The van der Waals surface area contributed by atoms with Crippen LogP contribution in [0.2, 0.25) is 0 Å². The van der Waals surface area contributed by atoms with Crippen molar-refractivity contribution in [3.63, 3.8) is 0 Å². The number of rotatable bonds is 5. The van der Waals surface area contributed by atoms with Crippen LogP contribution in [0.3, 0.4) is 0 Å². The van der Waals surface area contributed by atoms with Crippen molar-refractivity contribution < 1.29 is 34.3 Å². The van der Waals surface area contributed by atoms with Crippen LogP contribution in [0.15, 0.2) is 15.8 Å². The first-order chi connectivity index (χ1) is 11.3. The van der Waals surface area contributed by atoms with Crippen molar-refractivity contribution in [3.8, 4) is 0 Å². The van der Waals surface area contributed by atoms with Gasteiger partial charge in [-0.2, -0.15) is 21.2 Å². The fourth-order valence-corrected chi connectivity index (χ4v) is 3.59. The van der Waals surface area contributed by atoms with Gasteiger partial charge in [0.2, 0.25) is 5.82 Å². The van der Waals surface area contributed by atoms with Crippen molar-refractivity contribution in [2.75, 3.05) is 12.5 Å². The van der Waals surface area contributed by atoms with Crippen LogP contribution in [0.5, 0.6) is 0 Å². The number of aromatic amines is 1. The first kappa shape index (κ1) is 19.7. The van der Waals surface area contributed by atoms with Gasteiger partial charge in [0.15, 0.2) is 12.3 Å². The summed E-state index contributed by atoms with van der Waals surface area (Å²) in [6, 6.07) is 0. The van der Waals surface area contributed by atoms with E-state index in [2.05, 4.69) is 0 Å². The standard InChI is InChI=1S/C11H15FN2O9S2/c1-5-7(22-24(2,17)18)8(23-25(3,19)20)10(21-5)14-4-6(12)9(15)13-11(14)16/h4-5,7-8,10H,1-3H3,(H,13,15,16)/t5-,7-,8-,10-/m1/s1. The Bertz CT molecular complexity index is 982. The number of halogens is 1. The van der Waals surface area contributed by atoms with E-state index >= 15 is 0 Å². The minimum atomic E-state index is -4.13. The lowest BCUT2D eigenvalue weighted by molar-refractivity contribution is -0.0270. The van der Waals surface area contributed by atoms with Crippen molar-refractivity contribution in [2.45, 2.75) is 31.5 Å². The van der Waals surface area contributed by atoms with Gasteiger partial charge in [-0.15, -0.1) is 0 Å². The summed E-state index contributed by atoms with van der Waals surface area (Å²) < 4.78 is 74.7. The van der Waals surface area contributed by atoms with Gasteiger partial charge in [-0.1, -0.05) is 0 Å². The molecule has 11 nitrogen and oxygen atoms in total. The van der Waals surface area contributed by atoms with Crippen LogP contribution in [0.4, 0.5) is 4.39 Å². The van der Waals surface area contributed by atoms with Crippen LogP contribution in [-0.4, -0.2) is 57.2 Å². The topological polar surface area (TPSA) is 151 Å². The highest BCUT2D eigenvalue weighted by atomic mass is 32.2. The average Bonchev–Trinajstić information content (AvgIpc) is 2.68. The second kappa shape index (κ2) is 6.60. The molecule has 1 aromatic heterocycles. The zero-order chi connectivity index (χ0) is 19.2. The first-order valence-corrected chi connectivity index (χ1v) is 10.3. The Morgan fingerprint density at radius 3 is 2.16 bits per heavy atom. The Hall–Kier alpha value is -1.61. The zero-order valence-corrected chi connectivity index (χ0v) is 14.8. The van der Waals surface area contributed by atoms with E-state index in [1.165, 1.54) is 6.92 Å². The molecule has 25 heavy (non-hydrogen) atoms. The molecule has 0 radical (unpaired) electrons. The number of nitrogens with zero attached hydrogens (tertiary/aromatic N) is 1. The molecule has 0 aromatic carbocycles. The van der Waals surface area contributed by atoms with Crippen LogP contribution >= 0.6 is 0 Å². The van der Waals surface area contributed by atoms with Gasteiger partial charge >= 0.3 is 5.69 Å². The molecular weight excluding hydrogens is 387 g/mol. The lowest BCUT2D eigenvalue weighted by Gasteiger charge is -2.22. The van der Waals surface area contributed by atoms with E-state index in [9.17, 15) is 30.8 Å². The van der Waals surface area contributed by atoms with Crippen molar-refractivity contribution in [3.05, 3.63) is 32.9 Å². The van der Waals surface area contributed by atoms with Gasteiger partial charge < -0.3 is 4.74 Å². The maximum atomic E-state index is 13.5. The molecule has 1 aromatic rings. The number of H-pyrrole nitrogens is 1. The number of nitrogens with one attached hydrogen (secondary N) is 1. The Morgan fingerprint density at radius 1 is 1.12 bits per heavy atom. The molecule has 2 rings (SSSR count). The number of aromatic nitrogens is 2. The van der Waals surface area contributed by atoms with E-state index in [1.807, 2.05) is 0 Å². The van der Waals surface area contributed by atoms with Gasteiger partial charge in [-0.3, -0.25) is 22.7 Å². The molecule has 14 heteroatoms. The van der Waals surface area contributed by atoms with Crippen LogP contribution in [0, 0.1) is 5.82 Å². The summed E-state index contributed by atoms with van der Waals surface area (Å²) in [4.78, 5) is 24.7. The van der Waals surface area contributed by atoms with Gasteiger partial charge in [-0.25, -0.2) is 4.79 Å². The predicted octanol–water partition coefficient (Wildman–Crippen LogP) is -1.72. The molecule has 4 atom stereocenters. The third-order valence-electron chi connectivity index (χ3n) is 3.19. The van der Waals surface area contributed by atoms with E-state index in [0.29, 0.717) is 17.0 Å². The lowest BCUT2D eigenvalue weighted by atomic mass is 10.1. The molecule has 0 saturated carbocycles. The minimum Gasteiger partial charge on any atom is -0.349 e. The van der Waals surface area contributed by atoms with Crippen LogP contribution in [0.25, 0.3) is 0 Å². The molecule has 0 unspecified atom stereocenters. The summed E-state index contributed by atoms with van der Waals surface area (Å²) >= 11 is 0. The predicted molar refractivity (Wildman–Crippen MR) is 80.3 cm³/mol. The molecule has 0 spiro atoms. The van der Waals surface area contributed by atoms with E-state index in [1.54, 1.807) is 4.98 Å². The van der Waals surface area contributed by atoms with Crippen molar-refractivity contribution in [1.82, 2.24) is 9.55 Å². The summed E-state index contributed by atoms with van der Waals surface area (Å²) in [5.74, 6) is -1.33. The van der Waals surface area contributed by atoms with E-state index in [4.69, 9.17) is 13.1 Å². The third kappa shape index (κ3) is 4.72. The highest BCUT2D eigenvalue weighted by Gasteiger charge is 2.49. The molecule has 1 N–H and O–H groups in total. The summed E-state index contributed by atoms with van der Waals surface area (Å²) in [6.07, 6.45) is -3.72. The number of hydrogen-bond acceptors (Lipinski definition) is 9. The zero-order valence-electron chi connectivity index (χ0n) is 13.2. The third-order valence-corrected chi connectivity index (χ3v) is 4.34. The normalized spacial score (nSPS) is 27.5. The Labute approximate surface area is 141 Å². The maximum absolute atomic E-state index is 13.5. The molecule has 0 aliphatic carbocycles. The fourth-order valence-electron chi connectivity index (χ4n) is 2.32. The quantitative estimate of drug-likeness (QED) is 0.567. The Morgan fingerprint density at radius 2 is 1.64 bits per heavy atom. The summed E-state index contributed by atoms with van der Waals surface area (Å²) in [5, 5.41) is 0. The van der Waals surface area contributed by atoms with E-state index < -0.39 is 61.8 Å².